The molecule has 1 aliphatic rings. The average Bonchev–Trinajstić information content (AvgIpc) is 2.75. The SMILES string of the molecule is C=C1/C(=C\C=C\c2cc(CCCCCC(C)(C)O)cc(CCCCCC(C)(C)O)c2)C[C@@H](O)CC1O. The molecule has 202 valence electrons. The quantitative estimate of drug-likeness (QED) is 0.222. The van der Waals surface area contributed by atoms with Crippen molar-refractivity contribution in [2.45, 2.75) is 128 Å². The Balaban J connectivity index is 2.05. The Hall–Kier alpha value is -1.72. The highest BCUT2D eigenvalue weighted by Gasteiger charge is 2.24. The molecule has 1 unspecified atom stereocenters. The topological polar surface area (TPSA) is 80.9 Å². The molecule has 2 atom stereocenters. The zero-order chi connectivity index (χ0) is 26.8. The first kappa shape index (κ1) is 30.5. The Morgan fingerprint density at radius 3 is 1.86 bits per heavy atom. The fraction of sp³-hybridized carbons (Fsp3) is 0.625. The van der Waals surface area contributed by atoms with Gasteiger partial charge in [0.15, 0.2) is 0 Å². The van der Waals surface area contributed by atoms with Gasteiger partial charge in [0, 0.05) is 6.42 Å². The molecule has 0 aliphatic heterocycles. The molecule has 1 aromatic carbocycles. The summed E-state index contributed by atoms with van der Waals surface area (Å²) in [5.74, 6) is 0. The number of aliphatic hydroxyl groups excluding tert-OH is 2. The first-order valence-electron chi connectivity index (χ1n) is 13.8. The number of benzene rings is 1. The van der Waals surface area contributed by atoms with E-state index in [2.05, 4.69) is 30.9 Å². The predicted octanol–water partition coefficient (Wildman–Crippen LogP) is 6.45. The Kier molecular flexibility index (Phi) is 12.1. The van der Waals surface area contributed by atoms with E-state index in [1.54, 1.807) is 0 Å². The fourth-order valence-corrected chi connectivity index (χ4v) is 4.84. The second-order valence-electron chi connectivity index (χ2n) is 12.0. The third kappa shape index (κ3) is 12.5. The van der Waals surface area contributed by atoms with Gasteiger partial charge in [-0.3, -0.25) is 0 Å². The van der Waals surface area contributed by atoms with E-state index >= 15 is 0 Å². The van der Waals surface area contributed by atoms with Gasteiger partial charge in [0.2, 0.25) is 0 Å². The molecule has 0 radical (unpaired) electrons. The molecule has 1 aromatic rings. The Morgan fingerprint density at radius 1 is 0.833 bits per heavy atom. The molecule has 1 aliphatic carbocycles. The highest BCUT2D eigenvalue weighted by Crippen LogP contribution is 2.28. The van der Waals surface area contributed by atoms with Crippen LogP contribution in [-0.4, -0.2) is 43.8 Å². The summed E-state index contributed by atoms with van der Waals surface area (Å²) in [7, 11) is 0. The van der Waals surface area contributed by atoms with Gasteiger partial charge in [-0.1, -0.05) is 68.7 Å². The number of rotatable bonds is 14. The lowest BCUT2D eigenvalue weighted by Crippen LogP contribution is -2.26. The van der Waals surface area contributed by atoms with Gasteiger partial charge in [0.25, 0.3) is 0 Å². The van der Waals surface area contributed by atoms with E-state index in [0.29, 0.717) is 18.4 Å². The van der Waals surface area contributed by atoms with Gasteiger partial charge in [-0.25, -0.2) is 0 Å². The maximum Gasteiger partial charge on any atom is 0.0811 e. The van der Waals surface area contributed by atoms with E-state index in [1.165, 1.54) is 11.1 Å². The Bertz CT molecular complexity index is 840. The molecule has 4 N–H and O–H groups in total. The van der Waals surface area contributed by atoms with Crippen LogP contribution in [0.15, 0.2) is 48.1 Å². The van der Waals surface area contributed by atoms with Crippen LogP contribution in [0.25, 0.3) is 6.08 Å². The van der Waals surface area contributed by atoms with Crippen molar-refractivity contribution in [2.75, 3.05) is 0 Å². The fourth-order valence-electron chi connectivity index (χ4n) is 4.84. The number of allylic oxidation sites excluding steroid dienone is 2. The molecule has 36 heavy (non-hydrogen) atoms. The largest absolute Gasteiger partial charge is 0.393 e. The third-order valence-corrected chi connectivity index (χ3v) is 6.93. The van der Waals surface area contributed by atoms with Gasteiger partial charge >= 0.3 is 0 Å². The minimum Gasteiger partial charge on any atom is -0.393 e. The van der Waals surface area contributed by atoms with Crippen LogP contribution in [0.3, 0.4) is 0 Å². The van der Waals surface area contributed by atoms with Crippen molar-refractivity contribution in [3.8, 4) is 0 Å². The monoisotopic (exact) mass is 498 g/mol. The number of aryl methyl sites for hydroxylation is 2. The van der Waals surface area contributed by atoms with Crippen LogP contribution in [-0.2, 0) is 12.8 Å². The van der Waals surface area contributed by atoms with Crippen LogP contribution in [0.1, 0.15) is 109 Å². The molecular formula is C32H50O4. The molecule has 1 saturated carbocycles. The summed E-state index contributed by atoms with van der Waals surface area (Å²) in [6.45, 7) is 11.5. The molecule has 4 nitrogen and oxygen atoms in total. The second kappa shape index (κ2) is 14.3. The van der Waals surface area contributed by atoms with E-state index in [9.17, 15) is 20.4 Å². The van der Waals surface area contributed by atoms with E-state index in [1.807, 2.05) is 39.8 Å². The van der Waals surface area contributed by atoms with Crippen LogP contribution >= 0.6 is 0 Å². The summed E-state index contributed by atoms with van der Waals surface area (Å²) >= 11 is 0. The van der Waals surface area contributed by atoms with Crippen molar-refractivity contribution in [1.82, 2.24) is 0 Å². The van der Waals surface area contributed by atoms with Gasteiger partial charge < -0.3 is 20.4 Å². The molecule has 0 saturated heterocycles. The summed E-state index contributed by atoms with van der Waals surface area (Å²) in [6, 6.07) is 6.84. The molecule has 0 heterocycles. The lowest BCUT2D eigenvalue weighted by molar-refractivity contribution is 0.0674. The van der Waals surface area contributed by atoms with E-state index in [4.69, 9.17) is 0 Å². The number of hydrogen-bond donors (Lipinski definition) is 4. The number of unbranched alkanes of at least 4 members (excludes halogenated alkanes) is 4. The summed E-state index contributed by atoms with van der Waals surface area (Å²) in [4.78, 5) is 0. The molecule has 0 aromatic heterocycles. The van der Waals surface area contributed by atoms with Crippen molar-refractivity contribution < 1.29 is 20.4 Å². The molecule has 0 bridgehead atoms. The van der Waals surface area contributed by atoms with Gasteiger partial charge in [0.1, 0.15) is 0 Å². The smallest absolute Gasteiger partial charge is 0.0811 e. The zero-order valence-corrected chi connectivity index (χ0v) is 23.1. The highest BCUT2D eigenvalue weighted by molar-refractivity contribution is 5.55. The summed E-state index contributed by atoms with van der Waals surface area (Å²) < 4.78 is 0. The lowest BCUT2D eigenvalue weighted by atomic mass is 9.86. The van der Waals surface area contributed by atoms with Gasteiger partial charge in [0.05, 0.1) is 23.4 Å². The van der Waals surface area contributed by atoms with Crippen molar-refractivity contribution in [3.63, 3.8) is 0 Å². The summed E-state index contributed by atoms with van der Waals surface area (Å²) in [5.41, 5.74) is 4.28. The number of aliphatic hydroxyl groups is 4. The molecule has 0 amide bonds. The van der Waals surface area contributed by atoms with Gasteiger partial charge in [-0.2, -0.15) is 0 Å². The van der Waals surface area contributed by atoms with Gasteiger partial charge in [-0.05, 0) is 100 Å². The average molecular weight is 499 g/mol. The first-order chi connectivity index (χ1) is 16.8. The van der Waals surface area contributed by atoms with Crippen LogP contribution < -0.4 is 0 Å². The van der Waals surface area contributed by atoms with Crippen molar-refractivity contribution >= 4 is 6.08 Å². The molecule has 1 fully saturated rings. The molecule has 0 spiro atoms. The lowest BCUT2D eigenvalue weighted by Gasteiger charge is -2.26. The minimum atomic E-state index is -0.670. The van der Waals surface area contributed by atoms with Crippen LogP contribution in [0.4, 0.5) is 0 Å². The van der Waals surface area contributed by atoms with E-state index in [-0.39, 0.29) is 0 Å². The Morgan fingerprint density at radius 2 is 1.36 bits per heavy atom. The molecule has 4 heteroatoms. The predicted molar refractivity (Wildman–Crippen MR) is 151 cm³/mol. The van der Waals surface area contributed by atoms with E-state index < -0.39 is 23.4 Å². The molecule has 2 rings (SSSR count). The molecular weight excluding hydrogens is 448 g/mol. The Labute approximate surface area is 219 Å². The van der Waals surface area contributed by atoms with Crippen molar-refractivity contribution in [2.24, 2.45) is 0 Å². The third-order valence-electron chi connectivity index (χ3n) is 6.93. The first-order valence-corrected chi connectivity index (χ1v) is 13.8. The normalized spacial score (nSPS) is 20.6. The summed E-state index contributed by atoms with van der Waals surface area (Å²) in [5, 5.41) is 39.9. The number of hydrogen-bond acceptors (Lipinski definition) is 4. The van der Waals surface area contributed by atoms with Crippen LogP contribution in [0.2, 0.25) is 0 Å². The summed E-state index contributed by atoms with van der Waals surface area (Å²) in [6.07, 6.45) is 16.0. The van der Waals surface area contributed by atoms with E-state index in [0.717, 1.165) is 75.3 Å². The van der Waals surface area contributed by atoms with Crippen molar-refractivity contribution in [3.05, 3.63) is 64.8 Å². The second-order valence-corrected chi connectivity index (χ2v) is 12.0. The zero-order valence-electron chi connectivity index (χ0n) is 23.1. The van der Waals surface area contributed by atoms with Crippen LogP contribution in [0.5, 0.6) is 0 Å². The highest BCUT2D eigenvalue weighted by atomic mass is 16.3. The minimum absolute atomic E-state index is 0.358. The van der Waals surface area contributed by atoms with Crippen LogP contribution in [0, 0.1) is 0 Å². The van der Waals surface area contributed by atoms with Crippen molar-refractivity contribution in [1.29, 1.82) is 0 Å². The van der Waals surface area contributed by atoms with Gasteiger partial charge in [-0.15, -0.1) is 0 Å². The maximum absolute atomic E-state index is 10.1. The standard InChI is InChI=1S/C32H50O4/c1-24-28(22-29(33)23-30(24)34)16-12-15-27-20-25(13-8-6-10-17-31(2,3)35)19-26(21-27)14-9-7-11-18-32(4,5)36/h12,15-16,19-21,29-30,33-36H,1,6-11,13-14,17-18,22-23H2,2-5H3/b15-12+,28-16-/t29-,30?/m1/s1. The maximum atomic E-state index is 10.1.